The zero-order valence-corrected chi connectivity index (χ0v) is 18.2. The van der Waals surface area contributed by atoms with Crippen molar-refractivity contribution in [3.05, 3.63) is 83.4 Å². The number of ketones is 1. The smallest absolute Gasteiger partial charge is 0.261 e. The minimum Gasteiger partial charge on any atom is -0.388 e. The van der Waals surface area contributed by atoms with E-state index in [1.165, 1.54) is 6.07 Å². The third kappa shape index (κ3) is 4.19. The molecule has 0 unspecified atom stereocenters. The maximum atomic E-state index is 13.9. The molecule has 0 aliphatic carbocycles. The van der Waals surface area contributed by atoms with Gasteiger partial charge >= 0.3 is 0 Å². The molecule has 0 bridgehead atoms. The monoisotopic (exact) mass is 449 g/mol. The lowest BCUT2D eigenvalue weighted by molar-refractivity contribution is -0.128. The molecule has 0 radical (unpaired) electrons. The number of Topliss-reactive ketones (excluding diaryl/α,β-unsaturated/α-hetero) is 1. The fourth-order valence-electron chi connectivity index (χ4n) is 3.50. The summed E-state index contributed by atoms with van der Waals surface area (Å²) in [4.78, 5) is 30.2. The Hall–Kier alpha value is -4.07. The van der Waals surface area contributed by atoms with Crippen molar-refractivity contribution < 1.29 is 23.2 Å². The lowest BCUT2D eigenvalue weighted by Crippen LogP contribution is -2.33. The quantitative estimate of drug-likeness (QED) is 0.574. The van der Waals surface area contributed by atoms with E-state index in [-0.39, 0.29) is 11.5 Å². The molecule has 2 N–H and O–H groups in total. The largest absolute Gasteiger partial charge is 0.388 e. The van der Waals surface area contributed by atoms with Gasteiger partial charge in [0, 0.05) is 29.5 Å². The second kappa shape index (κ2) is 8.46. The predicted octanol–water partition coefficient (Wildman–Crippen LogP) is 5.01. The van der Waals surface area contributed by atoms with Crippen molar-refractivity contribution in [2.45, 2.75) is 19.4 Å². The SMILES string of the molecule is CNc1ccc(C2=NOC(C)(C)C2=O)cc1-c1ccc(NC(=O)c2c(F)cccc2F)cc1. The van der Waals surface area contributed by atoms with Crippen LogP contribution < -0.4 is 10.6 Å². The third-order valence-corrected chi connectivity index (χ3v) is 5.33. The van der Waals surface area contributed by atoms with Crippen LogP contribution in [-0.4, -0.2) is 30.1 Å². The summed E-state index contributed by atoms with van der Waals surface area (Å²) in [5.41, 5.74) is 2.00. The fourth-order valence-corrected chi connectivity index (χ4v) is 3.50. The summed E-state index contributed by atoms with van der Waals surface area (Å²) < 4.78 is 27.7. The van der Waals surface area contributed by atoms with Gasteiger partial charge in [-0.15, -0.1) is 0 Å². The Morgan fingerprint density at radius 3 is 2.18 bits per heavy atom. The van der Waals surface area contributed by atoms with E-state index in [2.05, 4.69) is 15.8 Å². The van der Waals surface area contributed by atoms with Crippen molar-refractivity contribution in [3.63, 3.8) is 0 Å². The van der Waals surface area contributed by atoms with Gasteiger partial charge in [0.2, 0.25) is 5.78 Å². The van der Waals surface area contributed by atoms with Crippen molar-refractivity contribution in [3.8, 4) is 11.1 Å². The minimum atomic E-state index is -1.01. The van der Waals surface area contributed by atoms with E-state index in [1.807, 2.05) is 12.1 Å². The normalized spacial score (nSPS) is 14.5. The van der Waals surface area contributed by atoms with E-state index in [1.54, 1.807) is 51.2 Å². The van der Waals surface area contributed by atoms with Crippen LogP contribution in [0, 0.1) is 11.6 Å². The number of hydrogen-bond acceptors (Lipinski definition) is 5. The second-order valence-electron chi connectivity index (χ2n) is 8.01. The molecule has 1 aliphatic heterocycles. The van der Waals surface area contributed by atoms with Gasteiger partial charge < -0.3 is 15.5 Å². The first-order chi connectivity index (χ1) is 15.7. The van der Waals surface area contributed by atoms with Gasteiger partial charge in [-0.1, -0.05) is 29.4 Å². The van der Waals surface area contributed by atoms with Gasteiger partial charge in [-0.3, -0.25) is 9.59 Å². The maximum absolute atomic E-state index is 13.9. The second-order valence-corrected chi connectivity index (χ2v) is 8.01. The molecule has 0 spiro atoms. The summed E-state index contributed by atoms with van der Waals surface area (Å²) in [7, 11) is 1.78. The minimum absolute atomic E-state index is 0.205. The number of rotatable bonds is 5. The zero-order chi connectivity index (χ0) is 23.8. The van der Waals surface area contributed by atoms with Gasteiger partial charge in [0.15, 0.2) is 11.3 Å². The van der Waals surface area contributed by atoms with Crippen molar-refractivity contribution in [1.82, 2.24) is 0 Å². The molecule has 0 aromatic heterocycles. The highest BCUT2D eigenvalue weighted by Gasteiger charge is 2.40. The molecular weight excluding hydrogens is 428 g/mol. The molecule has 0 fully saturated rings. The van der Waals surface area contributed by atoms with Crippen molar-refractivity contribution in [2.24, 2.45) is 5.16 Å². The number of carbonyl (C=O) groups is 2. The Kier molecular flexibility index (Phi) is 5.68. The van der Waals surface area contributed by atoms with Gasteiger partial charge in [-0.2, -0.15) is 0 Å². The summed E-state index contributed by atoms with van der Waals surface area (Å²) >= 11 is 0. The van der Waals surface area contributed by atoms with Crippen LogP contribution in [0.1, 0.15) is 29.8 Å². The van der Waals surface area contributed by atoms with Crippen LogP contribution in [0.4, 0.5) is 20.2 Å². The molecule has 3 aromatic rings. The Labute approximate surface area is 189 Å². The summed E-state index contributed by atoms with van der Waals surface area (Å²) in [6.45, 7) is 3.32. The van der Waals surface area contributed by atoms with Crippen molar-refractivity contribution >= 4 is 28.8 Å². The van der Waals surface area contributed by atoms with Crippen LogP contribution in [0.2, 0.25) is 0 Å². The van der Waals surface area contributed by atoms with E-state index in [4.69, 9.17) is 4.84 Å². The Balaban J connectivity index is 1.61. The fraction of sp³-hybridized carbons (Fsp3) is 0.160. The Morgan fingerprint density at radius 1 is 0.970 bits per heavy atom. The van der Waals surface area contributed by atoms with Crippen molar-refractivity contribution in [2.75, 3.05) is 17.7 Å². The molecule has 1 aliphatic rings. The van der Waals surface area contributed by atoms with Gasteiger partial charge in [0.25, 0.3) is 5.91 Å². The molecule has 0 saturated carbocycles. The first-order valence-corrected chi connectivity index (χ1v) is 10.2. The van der Waals surface area contributed by atoms with Crippen LogP contribution in [0.15, 0.2) is 65.8 Å². The lowest BCUT2D eigenvalue weighted by Gasteiger charge is -2.14. The number of nitrogens with one attached hydrogen (secondary N) is 2. The van der Waals surface area contributed by atoms with Crippen LogP contribution in [0.5, 0.6) is 0 Å². The molecular formula is C25H21F2N3O3. The van der Waals surface area contributed by atoms with E-state index >= 15 is 0 Å². The molecule has 0 saturated heterocycles. The van der Waals surface area contributed by atoms with Gasteiger partial charge in [-0.05, 0) is 55.8 Å². The van der Waals surface area contributed by atoms with E-state index in [0.717, 1.165) is 28.9 Å². The summed E-state index contributed by atoms with van der Waals surface area (Å²) in [5.74, 6) is -2.95. The van der Waals surface area contributed by atoms with Crippen LogP contribution >= 0.6 is 0 Å². The zero-order valence-electron chi connectivity index (χ0n) is 18.2. The topological polar surface area (TPSA) is 79.8 Å². The van der Waals surface area contributed by atoms with Gasteiger partial charge in [0.05, 0.1) is 0 Å². The molecule has 1 heterocycles. The number of oxime groups is 1. The van der Waals surface area contributed by atoms with E-state index in [9.17, 15) is 18.4 Å². The van der Waals surface area contributed by atoms with Crippen LogP contribution in [-0.2, 0) is 9.63 Å². The number of hydrogen-bond donors (Lipinski definition) is 2. The summed E-state index contributed by atoms with van der Waals surface area (Å²) in [6.07, 6.45) is 0. The first kappa shape index (κ1) is 22.1. The Bertz CT molecular complexity index is 1260. The number of benzene rings is 3. The van der Waals surface area contributed by atoms with Crippen LogP contribution in [0.25, 0.3) is 11.1 Å². The highest BCUT2D eigenvalue weighted by Crippen LogP contribution is 2.32. The first-order valence-electron chi connectivity index (χ1n) is 10.2. The summed E-state index contributed by atoms with van der Waals surface area (Å²) in [5, 5.41) is 9.57. The van der Waals surface area contributed by atoms with Crippen molar-refractivity contribution in [1.29, 1.82) is 0 Å². The van der Waals surface area contributed by atoms with Gasteiger partial charge in [-0.25, -0.2) is 8.78 Å². The van der Waals surface area contributed by atoms with E-state index in [0.29, 0.717) is 11.3 Å². The molecule has 3 aromatic carbocycles. The van der Waals surface area contributed by atoms with Gasteiger partial charge in [0.1, 0.15) is 17.2 Å². The molecule has 6 nitrogen and oxygen atoms in total. The molecule has 33 heavy (non-hydrogen) atoms. The average molecular weight is 449 g/mol. The lowest BCUT2D eigenvalue weighted by atomic mass is 9.93. The predicted molar refractivity (Wildman–Crippen MR) is 122 cm³/mol. The Morgan fingerprint density at radius 2 is 1.61 bits per heavy atom. The number of carbonyl (C=O) groups excluding carboxylic acids is 2. The molecule has 1 amide bonds. The maximum Gasteiger partial charge on any atom is 0.261 e. The number of halogens is 2. The van der Waals surface area contributed by atoms with E-state index < -0.39 is 28.7 Å². The molecule has 4 rings (SSSR count). The highest BCUT2D eigenvalue weighted by atomic mass is 19.1. The highest BCUT2D eigenvalue weighted by molar-refractivity contribution is 6.49. The average Bonchev–Trinajstić information content (AvgIpc) is 3.06. The standard InChI is InChI=1S/C25H21F2N3O3/c1-25(2)23(31)22(30-33-25)15-9-12-20(28-3)17(13-15)14-7-10-16(11-8-14)29-24(32)21-18(26)5-4-6-19(21)27/h4-13,28H,1-3H3,(H,29,32). The number of amides is 1. The number of anilines is 2. The number of nitrogens with zero attached hydrogens (tertiary/aromatic N) is 1. The molecule has 168 valence electrons. The summed E-state index contributed by atoms with van der Waals surface area (Å²) in [6, 6.07) is 15.5. The molecule has 8 heteroatoms. The molecule has 0 atom stereocenters. The van der Waals surface area contributed by atoms with Crippen LogP contribution in [0.3, 0.4) is 0 Å². The third-order valence-electron chi connectivity index (χ3n) is 5.33.